The molecule has 0 spiro atoms. The van der Waals surface area contributed by atoms with Crippen molar-refractivity contribution in [2.75, 3.05) is 19.6 Å². The maximum Gasteiger partial charge on any atom is 0.267 e. The van der Waals surface area contributed by atoms with Crippen LogP contribution in [0.1, 0.15) is 53.9 Å². The zero-order valence-electron chi connectivity index (χ0n) is 18.0. The van der Waals surface area contributed by atoms with Crippen LogP contribution in [0.15, 0.2) is 47.5 Å². The first-order valence-corrected chi connectivity index (χ1v) is 10.3. The molecule has 2 aliphatic rings. The summed E-state index contributed by atoms with van der Waals surface area (Å²) in [5.74, 6) is -0.529. The molecule has 6 nitrogen and oxygen atoms in total. The Balaban J connectivity index is 2.12. The van der Waals surface area contributed by atoms with Crippen molar-refractivity contribution >= 4 is 5.91 Å². The van der Waals surface area contributed by atoms with Gasteiger partial charge in [0.1, 0.15) is 6.17 Å². The van der Waals surface area contributed by atoms with Gasteiger partial charge in [-0.05, 0) is 55.1 Å². The Bertz CT molecular complexity index is 671. The molecule has 0 saturated carbocycles. The van der Waals surface area contributed by atoms with Crippen LogP contribution in [0, 0.1) is 5.41 Å². The van der Waals surface area contributed by atoms with Gasteiger partial charge in [0.2, 0.25) is 0 Å². The van der Waals surface area contributed by atoms with E-state index in [9.17, 15) is 4.79 Å². The molecule has 1 amide bonds. The van der Waals surface area contributed by atoms with Gasteiger partial charge in [0, 0.05) is 24.5 Å². The van der Waals surface area contributed by atoms with E-state index in [-0.39, 0.29) is 6.17 Å². The Labute approximate surface area is 169 Å². The molecular weight excluding hydrogens is 352 g/mol. The van der Waals surface area contributed by atoms with Gasteiger partial charge in [-0.3, -0.25) is 14.9 Å². The molecule has 0 radical (unpaired) electrons. The van der Waals surface area contributed by atoms with Gasteiger partial charge in [-0.2, -0.15) is 0 Å². The zero-order valence-corrected chi connectivity index (χ0v) is 18.0. The van der Waals surface area contributed by atoms with Crippen molar-refractivity contribution < 1.29 is 10.0 Å². The van der Waals surface area contributed by atoms with E-state index in [2.05, 4.69) is 62.0 Å². The second kappa shape index (κ2) is 9.94. The van der Waals surface area contributed by atoms with Crippen LogP contribution in [0.5, 0.6) is 0 Å². The number of hydrogen-bond acceptors (Lipinski definition) is 5. The molecule has 0 fully saturated rings. The molecule has 6 heteroatoms. The Kier molecular flexibility index (Phi) is 7.89. The van der Waals surface area contributed by atoms with Gasteiger partial charge >= 0.3 is 0 Å². The normalized spacial score (nSPS) is 19.3. The average molecular weight is 389 g/mol. The van der Waals surface area contributed by atoms with Crippen LogP contribution < -0.4 is 10.8 Å². The summed E-state index contributed by atoms with van der Waals surface area (Å²) in [6.45, 7) is 14.4. The monoisotopic (exact) mass is 388 g/mol. The lowest BCUT2D eigenvalue weighted by atomic mass is 9.92. The average Bonchev–Trinajstić information content (AvgIpc) is 2.98. The number of allylic oxidation sites excluding steroid dienone is 4. The fourth-order valence-electron chi connectivity index (χ4n) is 3.38. The molecule has 2 aliphatic heterocycles. The highest BCUT2D eigenvalue weighted by molar-refractivity contribution is 5.87. The van der Waals surface area contributed by atoms with Crippen LogP contribution in [0.4, 0.5) is 0 Å². The van der Waals surface area contributed by atoms with Crippen molar-refractivity contribution in [1.29, 1.82) is 0 Å². The highest BCUT2D eigenvalue weighted by atomic mass is 16.5. The number of hydrogen-bond donors (Lipinski definition) is 3. The third kappa shape index (κ3) is 6.24. The molecule has 0 bridgehead atoms. The first-order valence-electron chi connectivity index (χ1n) is 10.3. The molecule has 1 unspecified atom stereocenters. The van der Waals surface area contributed by atoms with Crippen LogP contribution in [0.2, 0.25) is 0 Å². The van der Waals surface area contributed by atoms with Crippen molar-refractivity contribution in [2.45, 2.75) is 60.0 Å². The first-order chi connectivity index (χ1) is 13.3. The maximum atomic E-state index is 11.2. The lowest BCUT2D eigenvalue weighted by Crippen LogP contribution is -2.37. The van der Waals surface area contributed by atoms with Crippen LogP contribution in [0.25, 0.3) is 0 Å². The lowest BCUT2D eigenvalue weighted by molar-refractivity contribution is -0.124. The van der Waals surface area contributed by atoms with Crippen LogP contribution in [-0.4, -0.2) is 46.7 Å². The van der Waals surface area contributed by atoms with Gasteiger partial charge in [-0.25, -0.2) is 5.48 Å². The fraction of sp³-hybridized carbons (Fsp3) is 0.591. The summed E-state index contributed by atoms with van der Waals surface area (Å²) in [7, 11) is 0. The topological polar surface area (TPSA) is 67.8 Å². The molecule has 2 heterocycles. The number of fused-ring (bicyclic) bond motifs is 1. The van der Waals surface area contributed by atoms with Gasteiger partial charge in [0.05, 0.1) is 5.70 Å². The number of nitrogens with zero attached hydrogens (tertiary/aromatic N) is 2. The number of amides is 1. The van der Waals surface area contributed by atoms with Gasteiger partial charge in [0.25, 0.3) is 5.91 Å². The molecule has 1 atom stereocenters. The second-order valence-corrected chi connectivity index (χ2v) is 8.64. The summed E-state index contributed by atoms with van der Waals surface area (Å²) in [6, 6.07) is 0. The lowest BCUT2D eigenvalue weighted by Gasteiger charge is -2.31. The third-order valence-electron chi connectivity index (χ3n) is 5.10. The third-order valence-corrected chi connectivity index (χ3v) is 5.10. The standard InChI is InChI=1S/C22H36N4O2/c1-6-8-18-19(16-25(7-2)14-12-22(3,4)5)26-13-11-17(15-20(26)23-18)9-10-21(27)24-28/h9-11,13,15,20,23,28H,6-8,12,14,16H2,1-5H3,(H,24,27)/b10-9+. The van der Waals surface area contributed by atoms with Crippen LogP contribution in [0.3, 0.4) is 0 Å². The Morgan fingerprint density at radius 1 is 1.39 bits per heavy atom. The fourth-order valence-corrected chi connectivity index (χ4v) is 3.38. The van der Waals surface area contributed by atoms with Crippen LogP contribution >= 0.6 is 0 Å². The first kappa shape index (κ1) is 22.2. The van der Waals surface area contributed by atoms with E-state index in [1.54, 1.807) is 11.6 Å². The summed E-state index contributed by atoms with van der Waals surface area (Å²) in [6.07, 6.45) is 12.6. The van der Waals surface area contributed by atoms with Gasteiger partial charge in [-0.15, -0.1) is 0 Å². The summed E-state index contributed by atoms with van der Waals surface area (Å²) in [4.78, 5) is 16.0. The minimum atomic E-state index is -0.529. The number of nitrogens with one attached hydrogen (secondary N) is 2. The summed E-state index contributed by atoms with van der Waals surface area (Å²) >= 11 is 0. The van der Waals surface area contributed by atoms with E-state index < -0.39 is 5.91 Å². The molecular formula is C22H36N4O2. The predicted octanol–water partition coefficient (Wildman–Crippen LogP) is 3.50. The Hall–Kier alpha value is -2.05. The summed E-state index contributed by atoms with van der Waals surface area (Å²) in [5.41, 5.74) is 5.53. The molecule has 0 aliphatic carbocycles. The predicted molar refractivity (Wildman–Crippen MR) is 113 cm³/mol. The van der Waals surface area contributed by atoms with Crippen LogP contribution in [-0.2, 0) is 4.79 Å². The second-order valence-electron chi connectivity index (χ2n) is 8.64. The number of likely N-dealkylation sites (N-methyl/N-ethyl adjacent to an activating group) is 1. The van der Waals surface area contributed by atoms with Crippen molar-refractivity contribution in [1.82, 2.24) is 20.6 Å². The molecule has 2 rings (SSSR count). The summed E-state index contributed by atoms with van der Waals surface area (Å²) < 4.78 is 0. The molecule has 156 valence electrons. The summed E-state index contributed by atoms with van der Waals surface area (Å²) in [5, 5.41) is 12.3. The highest BCUT2D eigenvalue weighted by Gasteiger charge is 2.30. The SMILES string of the molecule is CCCC1=C(CN(CC)CCC(C)(C)C)N2C=CC(/C=C/C(=O)NO)=CC2N1. The quantitative estimate of drug-likeness (QED) is 0.320. The smallest absolute Gasteiger partial charge is 0.267 e. The maximum absolute atomic E-state index is 11.2. The molecule has 0 aromatic heterocycles. The van der Waals surface area contributed by atoms with Crippen molar-refractivity contribution in [2.24, 2.45) is 5.41 Å². The number of hydroxylamine groups is 1. The molecule has 3 N–H and O–H groups in total. The minimum Gasteiger partial charge on any atom is -0.364 e. The van der Waals surface area contributed by atoms with Crippen molar-refractivity contribution in [3.05, 3.63) is 47.5 Å². The van der Waals surface area contributed by atoms with E-state index in [4.69, 9.17) is 5.21 Å². The van der Waals surface area contributed by atoms with E-state index in [0.29, 0.717) is 5.41 Å². The number of carbonyl (C=O) groups is 1. The van der Waals surface area contributed by atoms with Crippen molar-refractivity contribution in [3.63, 3.8) is 0 Å². The highest BCUT2D eigenvalue weighted by Crippen LogP contribution is 2.29. The molecule has 28 heavy (non-hydrogen) atoms. The minimum absolute atomic E-state index is 0.0692. The number of rotatable bonds is 9. The molecule has 0 saturated heterocycles. The molecule has 0 aromatic rings. The zero-order chi connectivity index (χ0) is 20.7. The molecule has 0 aromatic carbocycles. The van der Waals surface area contributed by atoms with Gasteiger partial charge in [-0.1, -0.05) is 41.0 Å². The number of carbonyl (C=O) groups excluding carboxylic acids is 1. The van der Waals surface area contributed by atoms with E-state index in [0.717, 1.165) is 38.0 Å². The van der Waals surface area contributed by atoms with Crippen molar-refractivity contribution in [3.8, 4) is 0 Å². The Morgan fingerprint density at radius 2 is 2.14 bits per heavy atom. The Morgan fingerprint density at radius 3 is 2.75 bits per heavy atom. The van der Waals surface area contributed by atoms with E-state index >= 15 is 0 Å². The van der Waals surface area contributed by atoms with E-state index in [1.807, 2.05) is 6.08 Å². The van der Waals surface area contributed by atoms with Gasteiger partial charge < -0.3 is 10.2 Å². The van der Waals surface area contributed by atoms with Gasteiger partial charge in [0.15, 0.2) is 0 Å². The largest absolute Gasteiger partial charge is 0.364 e. The van der Waals surface area contributed by atoms with E-state index in [1.165, 1.54) is 23.9 Å².